The van der Waals surface area contributed by atoms with E-state index in [9.17, 15) is 10.1 Å². The summed E-state index contributed by atoms with van der Waals surface area (Å²) in [6.45, 7) is 2.21. The van der Waals surface area contributed by atoms with E-state index in [0.29, 0.717) is 16.3 Å². The Morgan fingerprint density at radius 1 is 1.20 bits per heavy atom. The van der Waals surface area contributed by atoms with Crippen molar-refractivity contribution in [3.05, 3.63) is 68.7 Å². The quantitative estimate of drug-likeness (QED) is 0.606. The molecule has 0 spiro atoms. The van der Waals surface area contributed by atoms with Crippen LogP contribution in [0.15, 0.2) is 42.5 Å². The van der Waals surface area contributed by atoms with Gasteiger partial charge in [0.25, 0.3) is 5.69 Å². The highest BCUT2D eigenvalue weighted by Crippen LogP contribution is 2.24. The molecule has 0 saturated heterocycles. The zero-order chi connectivity index (χ0) is 14.5. The molecule has 2 aromatic carbocycles. The summed E-state index contributed by atoms with van der Waals surface area (Å²) in [6.07, 6.45) is 0.961. The van der Waals surface area contributed by atoms with Crippen LogP contribution in [0, 0.1) is 10.1 Å². The van der Waals surface area contributed by atoms with Gasteiger partial charge < -0.3 is 4.74 Å². The van der Waals surface area contributed by atoms with Gasteiger partial charge in [-0.1, -0.05) is 30.7 Å². The first-order valence-electron chi connectivity index (χ1n) is 6.24. The van der Waals surface area contributed by atoms with Crippen LogP contribution in [0.4, 0.5) is 5.69 Å². The third-order valence-corrected chi connectivity index (χ3v) is 3.21. The fourth-order valence-corrected chi connectivity index (χ4v) is 1.98. The number of benzene rings is 2. The number of hydrogen-bond acceptors (Lipinski definition) is 3. The molecule has 104 valence electrons. The van der Waals surface area contributed by atoms with Crippen LogP contribution < -0.4 is 4.74 Å². The monoisotopic (exact) mass is 291 g/mol. The van der Waals surface area contributed by atoms with E-state index in [1.165, 1.54) is 11.6 Å². The minimum atomic E-state index is -0.454. The molecule has 0 aromatic heterocycles. The Morgan fingerprint density at radius 3 is 2.50 bits per heavy atom. The lowest BCUT2D eigenvalue weighted by molar-refractivity contribution is -0.385. The average Bonchev–Trinajstić information content (AvgIpc) is 2.46. The summed E-state index contributed by atoms with van der Waals surface area (Å²) in [5.41, 5.74) is 1.69. The van der Waals surface area contributed by atoms with E-state index in [2.05, 4.69) is 6.92 Å². The first kappa shape index (κ1) is 14.3. The Balaban J connectivity index is 2.12. The molecule has 0 fully saturated rings. The van der Waals surface area contributed by atoms with E-state index in [1.807, 2.05) is 24.3 Å². The Labute approximate surface area is 122 Å². The minimum Gasteiger partial charge on any atom is -0.489 e. The van der Waals surface area contributed by atoms with Gasteiger partial charge in [-0.05, 0) is 36.2 Å². The minimum absolute atomic E-state index is 0.0253. The van der Waals surface area contributed by atoms with E-state index in [0.717, 1.165) is 6.42 Å². The topological polar surface area (TPSA) is 52.4 Å². The van der Waals surface area contributed by atoms with E-state index in [4.69, 9.17) is 16.3 Å². The maximum absolute atomic E-state index is 11.0. The fourth-order valence-electron chi connectivity index (χ4n) is 1.81. The van der Waals surface area contributed by atoms with Crippen molar-refractivity contribution in [1.29, 1.82) is 0 Å². The van der Waals surface area contributed by atoms with Crippen LogP contribution in [-0.2, 0) is 13.0 Å². The molecule has 0 atom stereocenters. The van der Waals surface area contributed by atoms with E-state index >= 15 is 0 Å². The highest BCUT2D eigenvalue weighted by Gasteiger charge is 2.14. The normalized spacial score (nSPS) is 10.3. The van der Waals surface area contributed by atoms with Gasteiger partial charge in [0, 0.05) is 11.1 Å². The fraction of sp³-hybridized carbons (Fsp3) is 0.200. The molecule has 2 rings (SSSR count). The maximum atomic E-state index is 11.0. The second-order valence-electron chi connectivity index (χ2n) is 4.32. The molecule has 0 heterocycles. The van der Waals surface area contributed by atoms with Crippen LogP contribution in [0.2, 0.25) is 5.02 Å². The second kappa shape index (κ2) is 6.39. The molecular formula is C15H14ClNO3. The Kier molecular flexibility index (Phi) is 4.58. The lowest BCUT2D eigenvalue weighted by Crippen LogP contribution is -2.00. The summed E-state index contributed by atoms with van der Waals surface area (Å²) < 4.78 is 5.57. The molecule has 5 heteroatoms. The SMILES string of the molecule is CCc1ccc(OCc2ccc(Cl)cc2[N+](=O)[O-])cc1. The highest BCUT2D eigenvalue weighted by molar-refractivity contribution is 6.30. The molecule has 0 aliphatic heterocycles. The van der Waals surface area contributed by atoms with Gasteiger partial charge in [-0.25, -0.2) is 0 Å². The molecule has 0 amide bonds. The number of aryl methyl sites for hydroxylation is 1. The van der Waals surface area contributed by atoms with Gasteiger partial charge in [0.1, 0.15) is 12.4 Å². The molecule has 4 nitrogen and oxygen atoms in total. The predicted octanol–water partition coefficient (Wildman–Crippen LogP) is 4.39. The van der Waals surface area contributed by atoms with Crippen molar-refractivity contribution in [1.82, 2.24) is 0 Å². The van der Waals surface area contributed by atoms with Crippen LogP contribution in [0.1, 0.15) is 18.1 Å². The van der Waals surface area contributed by atoms with Crippen molar-refractivity contribution in [2.75, 3.05) is 0 Å². The summed E-state index contributed by atoms with van der Waals surface area (Å²) in [7, 11) is 0. The van der Waals surface area contributed by atoms with Gasteiger partial charge >= 0.3 is 0 Å². The number of halogens is 1. The van der Waals surface area contributed by atoms with E-state index < -0.39 is 4.92 Å². The number of hydrogen-bond donors (Lipinski definition) is 0. The first-order chi connectivity index (χ1) is 9.60. The van der Waals surface area contributed by atoms with Crippen LogP contribution in [0.5, 0.6) is 5.75 Å². The summed E-state index contributed by atoms with van der Waals surface area (Å²) >= 11 is 5.77. The average molecular weight is 292 g/mol. The second-order valence-corrected chi connectivity index (χ2v) is 4.75. The summed E-state index contributed by atoms with van der Waals surface area (Å²) in [4.78, 5) is 10.5. The maximum Gasteiger partial charge on any atom is 0.277 e. The highest BCUT2D eigenvalue weighted by atomic mass is 35.5. The summed E-state index contributed by atoms with van der Waals surface area (Å²) in [6, 6.07) is 12.2. The van der Waals surface area contributed by atoms with Gasteiger partial charge in [-0.15, -0.1) is 0 Å². The number of rotatable bonds is 5. The van der Waals surface area contributed by atoms with Gasteiger partial charge in [0.2, 0.25) is 0 Å². The first-order valence-corrected chi connectivity index (χ1v) is 6.62. The molecule has 0 aliphatic carbocycles. The zero-order valence-corrected chi connectivity index (χ0v) is 11.8. The number of nitrogens with zero attached hydrogens (tertiary/aromatic N) is 1. The van der Waals surface area contributed by atoms with Crippen molar-refractivity contribution in [2.45, 2.75) is 20.0 Å². The zero-order valence-electron chi connectivity index (χ0n) is 11.0. The van der Waals surface area contributed by atoms with Crippen LogP contribution >= 0.6 is 11.6 Å². The molecule has 0 bridgehead atoms. The number of ether oxygens (including phenoxy) is 1. The van der Waals surface area contributed by atoms with Gasteiger partial charge in [0.15, 0.2) is 0 Å². The molecule has 0 N–H and O–H groups in total. The van der Waals surface area contributed by atoms with Crippen LogP contribution in [0.25, 0.3) is 0 Å². The number of nitro groups is 1. The van der Waals surface area contributed by atoms with Crippen molar-refractivity contribution in [2.24, 2.45) is 0 Å². The van der Waals surface area contributed by atoms with Crippen molar-refractivity contribution >= 4 is 17.3 Å². The van der Waals surface area contributed by atoms with Crippen LogP contribution in [0.3, 0.4) is 0 Å². The largest absolute Gasteiger partial charge is 0.489 e. The van der Waals surface area contributed by atoms with Gasteiger partial charge in [-0.3, -0.25) is 10.1 Å². The molecule has 2 aromatic rings. The molecule has 0 saturated carbocycles. The van der Waals surface area contributed by atoms with Crippen molar-refractivity contribution in [3.8, 4) is 5.75 Å². The summed E-state index contributed by atoms with van der Waals surface area (Å²) in [5.74, 6) is 0.687. The molecule has 20 heavy (non-hydrogen) atoms. The standard InChI is InChI=1S/C15H14ClNO3/c1-2-11-3-7-14(8-4-11)20-10-12-5-6-13(16)9-15(12)17(18)19/h3-9H,2,10H2,1H3. The predicted molar refractivity (Wildman–Crippen MR) is 78.3 cm³/mol. The Morgan fingerprint density at radius 2 is 1.90 bits per heavy atom. The molecular weight excluding hydrogens is 278 g/mol. The Bertz CT molecular complexity index is 611. The number of nitro benzene ring substituents is 1. The molecule has 0 radical (unpaired) electrons. The van der Waals surface area contributed by atoms with Gasteiger partial charge in [-0.2, -0.15) is 0 Å². The smallest absolute Gasteiger partial charge is 0.277 e. The molecule has 0 unspecified atom stereocenters. The van der Waals surface area contributed by atoms with Crippen molar-refractivity contribution < 1.29 is 9.66 Å². The summed E-state index contributed by atoms with van der Waals surface area (Å²) in [5, 5.41) is 11.3. The lowest BCUT2D eigenvalue weighted by atomic mass is 10.1. The van der Waals surface area contributed by atoms with Crippen LogP contribution in [-0.4, -0.2) is 4.92 Å². The third kappa shape index (κ3) is 3.48. The lowest BCUT2D eigenvalue weighted by Gasteiger charge is -2.07. The van der Waals surface area contributed by atoms with Crippen molar-refractivity contribution in [3.63, 3.8) is 0 Å². The van der Waals surface area contributed by atoms with E-state index in [1.54, 1.807) is 12.1 Å². The molecule has 0 aliphatic rings. The van der Waals surface area contributed by atoms with Gasteiger partial charge in [0.05, 0.1) is 10.5 Å². The van der Waals surface area contributed by atoms with E-state index in [-0.39, 0.29) is 12.3 Å². The Hall–Kier alpha value is -2.07. The third-order valence-electron chi connectivity index (χ3n) is 2.97.